The molecule has 1 saturated carbocycles. The van der Waals surface area contributed by atoms with Gasteiger partial charge < -0.3 is 0 Å². The van der Waals surface area contributed by atoms with Gasteiger partial charge in [-0.3, -0.25) is 4.79 Å². The first-order valence-electron chi connectivity index (χ1n) is 3.47. The second-order valence-electron chi connectivity index (χ2n) is 2.59. The molecule has 0 radical (unpaired) electrons. The summed E-state index contributed by atoms with van der Waals surface area (Å²) in [6, 6.07) is 0. The number of hydrogen-bond acceptors (Lipinski definition) is 1. The van der Waals surface area contributed by atoms with Crippen molar-refractivity contribution in [2.24, 2.45) is 5.92 Å². The van der Waals surface area contributed by atoms with Gasteiger partial charge in [-0.2, -0.15) is 0 Å². The van der Waals surface area contributed by atoms with Crippen LogP contribution in [0.5, 0.6) is 0 Å². The van der Waals surface area contributed by atoms with Crippen molar-refractivity contribution < 1.29 is 4.79 Å². The first-order valence-corrected chi connectivity index (χ1v) is 3.47. The van der Waals surface area contributed by atoms with Crippen LogP contribution >= 0.6 is 0 Å². The Balaban J connectivity index is 2.62. The second kappa shape index (κ2) is 2.34. The van der Waals surface area contributed by atoms with Crippen LogP contribution in [0.1, 0.15) is 26.2 Å². The van der Waals surface area contributed by atoms with Crippen molar-refractivity contribution in [1.82, 2.24) is 0 Å². The van der Waals surface area contributed by atoms with E-state index in [0.717, 1.165) is 24.8 Å². The van der Waals surface area contributed by atoms with Gasteiger partial charge in [0, 0.05) is 6.42 Å². The minimum Gasteiger partial charge on any atom is -0.295 e. The number of carbonyl (C=O) groups is 1. The predicted octanol–water partition coefficient (Wildman–Crippen LogP) is 1.93. The molecule has 0 spiro atoms. The van der Waals surface area contributed by atoms with Gasteiger partial charge in [-0.05, 0) is 24.3 Å². The quantitative estimate of drug-likeness (QED) is 0.488. The molecule has 9 heavy (non-hydrogen) atoms. The van der Waals surface area contributed by atoms with Crippen LogP contribution in [-0.4, -0.2) is 5.78 Å². The fourth-order valence-electron chi connectivity index (χ4n) is 1.32. The Kier molecular flexibility index (Phi) is 1.70. The molecular weight excluding hydrogens is 112 g/mol. The van der Waals surface area contributed by atoms with Crippen molar-refractivity contribution in [3.8, 4) is 0 Å². The molecule has 1 atom stereocenters. The summed E-state index contributed by atoms with van der Waals surface area (Å²) in [6.07, 6.45) is 2.84. The Morgan fingerprint density at radius 2 is 2.44 bits per heavy atom. The fourth-order valence-corrected chi connectivity index (χ4v) is 1.32. The highest BCUT2D eigenvalue weighted by Gasteiger charge is 2.24. The minimum absolute atomic E-state index is 0.279. The van der Waals surface area contributed by atoms with Gasteiger partial charge in [0.2, 0.25) is 0 Å². The molecule has 0 N–H and O–H groups in total. The molecule has 1 nitrogen and oxygen atoms in total. The Morgan fingerprint density at radius 3 is 2.67 bits per heavy atom. The Labute approximate surface area is 55.8 Å². The number of hydrogen-bond donors (Lipinski definition) is 0. The van der Waals surface area contributed by atoms with Crippen molar-refractivity contribution in [2.75, 3.05) is 0 Å². The van der Waals surface area contributed by atoms with E-state index in [2.05, 4.69) is 13.5 Å². The lowest BCUT2D eigenvalue weighted by molar-refractivity contribution is -0.114. The van der Waals surface area contributed by atoms with Gasteiger partial charge >= 0.3 is 0 Å². The zero-order valence-corrected chi connectivity index (χ0v) is 5.81. The molecular formula is C8H12O. The van der Waals surface area contributed by atoms with Gasteiger partial charge in [0.15, 0.2) is 5.78 Å². The highest BCUT2D eigenvalue weighted by Crippen LogP contribution is 2.28. The van der Waals surface area contributed by atoms with E-state index < -0.39 is 0 Å². The van der Waals surface area contributed by atoms with Gasteiger partial charge in [-0.1, -0.05) is 13.5 Å². The molecule has 50 valence electrons. The van der Waals surface area contributed by atoms with Crippen molar-refractivity contribution in [3.05, 3.63) is 12.2 Å². The second-order valence-corrected chi connectivity index (χ2v) is 2.59. The summed E-state index contributed by atoms with van der Waals surface area (Å²) in [5, 5.41) is 0. The maximum absolute atomic E-state index is 10.8. The van der Waals surface area contributed by atoms with Crippen LogP contribution < -0.4 is 0 Å². The zero-order valence-electron chi connectivity index (χ0n) is 5.81. The molecule has 0 bridgehead atoms. The largest absolute Gasteiger partial charge is 0.295 e. The monoisotopic (exact) mass is 124 g/mol. The molecule has 1 aliphatic rings. The van der Waals surface area contributed by atoms with Crippen LogP contribution in [0.4, 0.5) is 0 Å². The molecule has 0 saturated heterocycles. The van der Waals surface area contributed by atoms with Crippen LogP contribution in [0.3, 0.4) is 0 Å². The number of allylic oxidation sites excluding steroid dienone is 1. The van der Waals surface area contributed by atoms with Crippen molar-refractivity contribution in [2.45, 2.75) is 26.2 Å². The summed E-state index contributed by atoms with van der Waals surface area (Å²) in [6.45, 7) is 5.84. The van der Waals surface area contributed by atoms with Gasteiger partial charge in [0.25, 0.3) is 0 Å². The standard InChI is InChI=1S/C8H12O/c1-3-7-4-5-8(9)6(7)2/h7H,2-5H2,1H3/t7-/m1/s1. The van der Waals surface area contributed by atoms with E-state index in [1.54, 1.807) is 0 Å². The maximum Gasteiger partial charge on any atom is 0.158 e. The Bertz CT molecular complexity index is 147. The topological polar surface area (TPSA) is 17.1 Å². The lowest BCUT2D eigenvalue weighted by Gasteiger charge is -2.02. The average molecular weight is 124 g/mol. The lowest BCUT2D eigenvalue weighted by Crippen LogP contribution is -1.97. The summed E-state index contributed by atoms with van der Waals surface area (Å²) in [5.74, 6) is 0.777. The van der Waals surface area contributed by atoms with E-state index in [1.807, 2.05) is 0 Å². The van der Waals surface area contributed by atoms with E-state index >= 15 is 0 Å². The predicted molar refractivity (Wildman–Crippen MR) is 37.2 cm³/mol. The molecule has 0 aliphatic heterocycles. The van der Waals surface area contributed by atoms with Gasteiger partial charge in [0.05, 0.1) is 0 Å². The zero-order chi connectivity index (χ0) is 6.85. The molecule has 0 aromatic heterocycles. The third kappa shape index (κ3) is 1.04. The van der Waals surface area contributed by atoms with Crippen LogP contribution in [-0.2, 0) is 4.79 Å². The Hall–Kier alpha value is -0.590. The molecule has 1 fully saturated rings. The molecule has 1 rings (SSSR count). The third-order valence-corrected chi connectivity index (χ3v) is 2.06. The molecule has 1 heteroatoms. The summed E-state index contributed by atoms with van der Waals surface area (Å²) < 4.78 is 0. The van der Waals surface area contributed by atoms with E-state index in [4.69, 9.17) is 0 Å². The summed E-state index contributed by atoms with van der Waals surface area (Å²) in [7, 11) is 0. The lowest BCUT2D eigenvalue weighted by atomic mass is 10.0. The van der Waals surface area contributed by atoms with Crippen molar-refractivity contribution >= 4 is 5.78 Å². The maximum atomic E-state index is 10.8. The fraction of sp³-hybridized carbons (Fsp3) is 0.625. The summed E-state index contributed by atoms with van der Waals surface area (Å²) in [4.78, 5) is 10.8. The van der Waals surface area contributed by atoms with Crippen LogP contribution in [0.25, 0.3) is 0 Å². The molecule has 0 aromatic carbocycles. The highest BCUT2D eigenvalue weighted by atomic mass is 16.1. The number of Topliss-reactive ketones (excluding diaryl/α,β-unsaturated/α-hetero) is 1. The van der Waals surface area contributed by atoms with E-state index in [1.165, 1.54) is 0 Å². The minimum atomic E-state index is 0.279. The molecule has 0 amide bonds. The van der Waals surface area contributed by atoms with E-state index in [0.29, 0.717) is 5.92 Å². The number of ketones is 1. The van der Waals surface area contributed by atoms with Gasteiger partial charge in [0.1, 0.15) is 0 Å². The molecule has 0 aromatic rings. The SMILES string of the molecule is C=C1C(=O)CC[C@H]1CC. The summed E-state index contributed by atoms with van der Waals surface area (Å²) >= 11 is 0. The summed E-state index contributed by atoms with van der Waals surface area (Å²) in [5.41, 5.74) is 0.859. The normalized spacial score (nSPS) is 27.4. The van der Waals surface area contributed by atoms with Gasteiger partial charge in [-0.25, -0.2) is 0 Å². The first-order chi connectivity index (χ1) is 4.25. The van der Waals surface area contributed by atoms with Crippen molar-refractivity contribution in [1.29, 1.82) is 0 Å². The highest BCUT2D eigenvalue weighted by molar-refractivity contribution is 5.97. The van der Waals surface area contributed by atoms with Crippen molar-refractivity contribution in [3.63, 3.8) is 0 Å². The molecule has 0 unspecified atom stereocenters. The van der Waals surface area contributed by atoms with Gasteiger partial charge in [-0.15, -0.1) is 0 Å². The number of rotatable bonds is 1. The third-order valence-electron chi connectivity index (χ3n) is 2.06. The average Bonchev–Trinajstić information content (AvgIpc) is 2.15. The van der Waals surface area contributed by atoms with Crippen LogP contribution in [0, 0.1) is 5.92 Å². The molecule has 1 aliphatic carbocycles. The van der Waals surface area contributed by atoms with E-state index in [-0.39, 0.29) is 5.78 Å². The smallest absolute Gasteiger partial charge is 0.158 e. The van der Waals surface area contributed by atoms with Crippen LogP contribution in [0.2, 0.25) is 0 Å². The first kappa shape index (κ1) is 6.53. The molecule has 0 heterocycles. The van der Waals surface area contributed by atoms with E-state index in [9.17, 15) is 4.79 Å². The van der Waals surface area contributed by atoms with Crippen LogP contribution in [0.15, 0.2) is 12.2 Å². The Morgan fingerprint density at radius 1 is 1.78 bits per heavy atom. The number of carbonyl (C=O) groups excluding carboxylic acids is 1.